The molecular formula is C23H19Cl2N5O4S. The first kappa shape index (κ1) is 24.5. The third kappa shape index (κ3) is 6.72. The summed E-state index contributed by atoms with van der Waals surface area (Å²) in [5, 5.41) is 7.78. The molecule has 0 aliphatic heterocycles. The number of aromatic nitrogens is 3. The van der Waals surface area contributed by atoms with Crippen LogP contribution < -0.4 is 14.8 Å². The smallest absolute Gasteiger partial charge is 0.258 e. The molecule has 0 fully saturated rings. The van der Waals surface area contributed by atoms with E-state index in [1.165, 1.54) is 35.3 Å². The molecule has 2 N–H and O–H groups in total. The summed E-state index contributed by atoms with van der Waals surface area (Å²) in [6.45, 7) is 0.270. The Labute approximate surface area is 211 Å². The topological polar surface area (TPSA) is 115 Å². The minimum Gasteiger partial charge on any atom is -0.485 e. The number of hydrogen-bond acceptors (Lipinski definition) is 6. The molecule has 35 heavy (non-hydrogen) atoms. The maximum Gasteiger partial charge on any atom is 0.258 e. The number of rotatable bonds is 8. The van der Waals surface area contributed by atoms with Crippen molar-refractivity contribution in [1.29, 1.82) is 0 Å². The number of halogens is 2. The molecule has 9 nitrogen and oxygen atoms in total. The van der Waals surface area contributed by atoms with Gasteiger partial charge in [-0.25, -0.2) is 18.1 Å². The molecule has 0 saturated heterocycles. The highest BCUT2D eigenvalue weighted by Gasteiger charge is 2.15. The van der Waals surface area contributed by atoms with Crippen LogP contribution >= 0.6 is 23.2 Å². The van der Waals surface area contributed by atoms with Gasteiger partial charge < -0.3 is 10.1 Å². The van der Waals surface area contributed by atoms with Crippen molar-refractivity contribution in [3.05, 3.63) is 94.4 Å². The zero-order valence-corrected chi connectivity index (χ0v) is 20.6. The number of carbonyl (C=O) groups excluding carboxylic acids is 1. The number of nitrogens with one attached hydrogen (secondary N) is 2. The average Bonchev–Trinajstić information content (AvgIpc) is 3.27. The standard InChI is InChI=1S/C23H19Cl2N5O4S/c1-35(32,33)29-20-10-18(25)9-19(11-20)28-23(31)16-12-27-30(13-16)22-21(6-3-7-26-22)34-14-15-4-2-5-17(24)8-15/h2-13,29H,14H2,1H3,(H,28,31). The Morgan fingerprint density at radius 3 is 2.63 bits per heavy atom. The van der Waals surface area contributed by atoms with Crippen LogP contribution in [-0.4, -0.2) is 35.3 Å². The largest absolute Gasteiger partial charge is 0.485 e. The lowest BCUT2D eigenvalue weighted by Gasteiger charge is -2.10. The SMILES string of the molecule is CS(=O)(=O)Nc1cc(Cl)cc(NC(=O)c2cnn(-c3ncccc3OCc3cccc(Cl)c3)c2)c1. The van der Waals surface area contributed by atoms with Crippen molar-refractivity contribution in [1.82, 2.24) is 14.8 Å². The minimum absolute atomic E-state index is 0.223. The summed E-state index contributed by atoms with van der Waals surface area (Å²) in [5.41, 5.74) is 1.67. The van der Waals surface area contributed by atoms with E-state index in [1.54, 1.807) is 30.5 Å². The lowest BCUT2D eigenvalue weighted by molar-refractivity contribution is 0.102. The van der Waals surface area contributed by atoms with E-state index in [9.17, 15) is 13.2 Å². The van der Waals surface area contributed by atoms with Crippen molar-refractivity contribution >= 4 is 50.5 Å². The highest BCUT2D eigenvalue weighted by atomic mass is 35.5. The Bertz CT molecular complexity index is 1490. The van der Waals surface area contributed by atoms with E-state index in [0.717, 1.165) is 11.8 Å². The Balaban J connectivity index is 1.50. The molecule has 0 saturated carbocycles. The fraction of sp³-hybridized carbons (Fsp3) is 0.0870. The van der Waals surface area contributed by atoms with Gasteiger partial charge in [0.2, 0.25) is 10.0 Å². The van der Waals surface area contributed by atoms with Crippen LogP contribution in [-0.2, 0) is 16.6 Å². The van der Waals surface area contributed by atoms with E-state index in [4.69, 9.17) is 27.9 Å². The van der Waals surface area contributed by atoms with Crippen LogP contribution in [0.3, 0.4) is 0 Å². The molecule has 0 atom stereocenters. The summed E-state index contributed by atoms with van der Waals surface area (Å²) in [6.07, 6.45) is 5.49. The van der Waals surface area contributed by atoms with Gasteiger partial charge in [0.15, 0.2) is 11.6 Å². The lowest BCUT2D eigenvalue weighted by Crippen LogP contribution is -2.13. The molecule has 4 aromatic rings. The number of carbonyl (C=O) groups is 1. The average molecular weight is 532 g/mol. The number of nitrogens with zero attached hydrogens (tertiary/aromatic N) is 3. The second-order valence-corrected chi connectivity index (χ2v) is 10.1. The summed E-state index contributed by atoms with van der Waals surface area (Å²) in [5.74, 6) is 0.394. The minimum atomic E-state index is -3.51. The maximum atomic E-state index is 12.8. The van der Waals surface area contributed by atoms with Crippen LogP contribution in [0.2, 0.25) is 10.0 Å². The van der Waals surface area contributed by atoms with Crippen molar-refractivity contribution in [3.63, 3.8) is 0 Å². The van der Waals surface area contributed by atoms with Crippen LogP contribution in [0.4, 0.5) is 11.4 Å². The van der Waals surface area contributed by atoms with Crippen molar-refractivity contribution in [2.24, 2.45) is 0 Å². The van der Waals surface area contributed by atoms with Crippen molar-refractivity contribution in [3.8, 4) is 11.6 Å². The van der Waals surface area contributed by atoms with Gasteiger partial charge in [-0.15, -0.1) is 0 Å². The summed E-state index contributed by atoms with van der Waals surface area (Å²) in [4.78, 5) is 17.1. The van der Waals surface area contributed by atoms with Crippen LogP contribution in [0.5, 0.6) is 5.75 Å². The highest BCUT2D eigenvalue weighted by Crippen LogP contribution is 2.25. The van der Waals surface area contributed by atoms with Gasteiger partial charge in [0.05, 0.1) is 23.7 Å². The lowest BCUT2D eigenvalue weighted by atomic mass is 10.2. The summed E-state index contributed by atoms with van der Waals surface area (Å²) < 4.78 is 32.7. The summed E-state index contributed by atoms with van der Waals surface area (Å²) in [7, 11) is -3.51. The molecular weight excluding hydrogens is 513 g/mol. The molecule has 180 valence electrons. The van der Waals surface area contributed by atoms with Crippen molar-refractivity contribution in [2.75, 3.05) is 16.3 Å². The number of ether oxygens (including phenoxy) is 1. The van der Waals surface area contributed by atoms with E-state index < -0.39 is 15.9 Å². The number of sulfonamides is 1. The second kappa shape index (κ2) is 10.3. The summed E-state index contributed by atoms with van der Waals surface area (Å²) >= 11 is 12.1. The van der Waals surface area contributed by atoms with Crippen LogP contribution in [0.25, 0.3) is 5.82 Å². The number of hydrogen-bond donors (Lipinski definition) is 2. The second-order valence-electron chi connectivity index (χ2n) is 7.47. The first-order chi connectivity index (χ1) is 16.7. The number of anilines is 2. The van der Waals surface area contributed by atoms with E-state index in [1.807, 2.05) is 12.1 Å². The fourth-order valence-electron chi connectivity index (χ4n) is 3.15. The van der Waals surface area contributed by atoms with Gasteiger partial charge in [0, 0.05) is 28.1 Å². The molecule has 1 amide bonds. The zero-order valence-electron chi connectivity index (χ0n) is 18.3. The van der Waals surface area contributed by atoms with Gasteiger partial charge in [-0.1, -0.05) is 35.3 Å². The first-order valence-corrected chi connectivity index (χ1v) is 12.8. The molecule has 0 bridgehead atoms. The zero-order chi connectivity index (χ0) is 25.0. The normalized spacial score (nSPS) is 11.2. The molecule has 0 radical (unpaired) electrons. The van der Waals surface area contributed by atoms with E-state index in [0.29, 0.717) is 22.3 Å². The number of amides is 1. The molecule has 0 unspecified atom stereocenters. The van der Waals surface area contributed by atoms with Gasteiger partial charge in [-0.2, -0.15) is 5.10 Å². The molecule has 2 aromatic carbocycles. The van der Waals surface area contributed by atoms with E-state index >= 15 is 0 Å². The predicted octanol–water partition coefficient (Wildman–Crippen LogP) is 4.78. The molecule has 12 heteroatoms. The third-order valence-electron chi connectivity index (χ3n) is 4.55. The summed E-state index contributed by atoms with van der Waals surface area (Å²) in [6, 6.07) is 15.2. The van der Waals surface area contributed by atoms with Gasteiger partial charge in [0.25, 0.3) is 5.91 Å². The Morgan fingerprint density at radius 1 is 1.06 bits per heavy atom. The van der Waals surface area contributed by atoms with Crippen molar-refractivity contribution < 1.29 is 17.9 Å². The monoisotopic (exact) mass is 531 g/mol. The first-order valence-electron chi connectivity index (χ1n) is 10.1. The molecule has 4 rings (SSSR count). The molecule has 0 spiro atoms. The van der Waals surface area contributed by atoms with E-state index in [2.05, 4.69) is 20.1 Å². The molecule has 2 aromatic heterocycles. The van der Waals surface area contributed by atoms with Gasteiger partial charge in [0.1, 0.15) is 6.61 Å². The van der Waals surface area contributed by atoms with Gasteiger partial charge >= 0.3 is 0 Å². The van der Waals surface area contributed by atoms with Gasteiger partial charge in [-0.3, -0.25) is 9.52 Å². The van der Waals surface area contributed by atoms with Crippen LogP contribution in [0.15, 0.2) is 73.2 Å². The number of benzene rings is 2. The Kier molecular flexibility index (Phi) is 7.25. The molecule has 2 heterocycles. The Hall–Kier alpha value is -3.60. The predicted molar refractivity (Wildman–Crippen MR) is 135 cm³/mol. The van der Waals surface area contributed by atoms with Crippen LogP contribution in [0.1, 0.15) is 15.9 Å². The molecule has 0 aliphatic rings. The number of pyridine rings is 1. The van der Waals surface area contributed by atoms with Crippen LogP contribution in [0, 0.1) is 0 Å². The molecule has 0 aliphatic carbocycles. The van der Waals surface area contributed by atoms with Crippen molar-refractivity contribution in [2.45, 2.75) is 6.61 Å². The van der Waals surface area contributed by atoms with E-state index in [-0.39, 0.29) is 22.9 Å². The maximum absolute atomic E-state index is 12.8. The fourth-order valence-corrected chi connectivity index (χ4v) is 4.14. The van der Waals surface area contributed by atoms with Gasteiger partial charge in [-0.05, 0) is 48.0 Å². The quantitative estimate of drug-likeness (QED) is 0.338. The third-order valence-corrected chi connectivity index (χ3v) is 5.61. The highest BCUT2D eigenvalue weighted by molar-refractivity contribution is 7.92. The Morgan fingerprint density at radius 2 is 1.86 bits per heavy atom.